The number of hydrogen-bond donors (Lipinski definition) is 1. The van der Waals surface area contributed by atoms with Gasteiger partial charge in [-0.2, -0.15) is 0 Å². The fourth-order valence-electron chi connectivity index (χ4n) is 6.39. The highest BCUT2D eigenvalue weighted by Crippen LogP contribution is 2.64. The van der Waals surface area contributed by atoms with E-state index < -0.39 is 0 Å². The molecule has 4 rings (SSSR count). The first-order valence-corrected chi connectivity index (χ1v) is 9.84. The van der Waals surface area contributed by atoms with Crippen molar-refractivity contribution in [2.45, 2.75) is 69.7 Å². The Bertz CT molecular complexity index is 542. The van der Waals surface area contributed by atoms with Crippen molar-refractivity contribution in [2.24, 2.45) is 28.6 Å². The Hall–Kier alpha value is -0.150. The van der Waals surface area contributed by atoms with E-state index in [9.17, 15) is 9.90 Å². The third-order valence-corrected chi connectivity index (χ3v) is 8.57. The predicted octanol–water partition coefficient (Wildman–Crippen LogP) is 4.25. The minimum atomic E-state index is -0.135. The Morgan fingerprint density at radius 3 is 2.68 bits per heavy atom. The maximum Gasteiger partial charge on any atom is 0.152 e. The monoisotopic (exact) mass is 366 g/mol. The zero-order valence-corrected chi connectivity index (χ0v) is 15.2. The highest BCUT2D eigenvalue weighted by Gasteiger charge is 2.60. The molecule has 3 fully saturated rings. The number of Topliss-reactive ketones (excluding diaryl/α,β-unsaturated/α-hetero) is 1. The summed E-state index contributed by atoms with van der Waals surface area (Å²) in [5.41, 5.74) is 1.69. The van der Waals surface area contributed by atoms with Crippen LogP contribution in [-0.2, 0) is 4.79 Å². The van der Waals surface area contributed by atoms with Gasteiger partial charge in [-0.3, -0.25) is 4.79 Å². The van der Waals surface area contributed by atoms with E-state index in [1.807, 2.05) is 0 Å². The molecule has 0 radical (unpaired) electrons. The number of ketones is 1. The zero-order chi connectivity index (χ0) is 15.7. The number of aliphatic hydroxyl groups is 1. The molecule has 4 aliphatic carbocycles. The number of aliphatic hydroxyl groups excluding tert-OH is 1. The first-order valence-electron chi connectivity index (χ1n) is 8.92. The van der Waals surface area contributed by atoms with Crippen molar-refractivity contribution in [3.05, 3.63) is 11.6 Å². The number of rotatable bonds is 0. The molecule has 3 heteroatoms. The Morgan fingerprint density at radius 2 is 1.91 bits per heavy atom. The second-order valence-electron chi connectivity index (χ2n) is 8.68. The normalized spacial score (nSPS) is 54.3. The molecule has 7 atom stereocenters. The van der Waals surface area contributed by atoms with E-state index in [2.05, 4.69) is 35.9 Å². The van der Waals surface area contributed by atoms with E-state index in [-0.39, 0.29) is 21.8 Å². The van der Waals surface area contributed by atoms with Gasteiger partial charge >= 0.3 is 0 Å². The van der Waals surface area contributed by atoms with Crippen LogP contribution in [0.25, 0.3) is 0 Å². The van der Waals surface area contributed by atoms with E-state index in [1.54, 1.807) is 0 Å². The van der Waals surface area contributed by atoms with Gasteiger partial charge in [0, 0.05) is 5.41 Å². The Kier molecular flexibility index (Phi) is 3.44. The second-order valence-corrected chi connectivity index (χ2v) is 9.78. The molecule has 0 saturated heterocycles. The molecular weight excluding hydrogens is 340 g/mol. The SMILES string of the molecule is C[C@@]12CCC3C(CC=C4C[C@H](O)CC[C@]43C)[C@H]1C[C@H](Br)C2=O. The van der Waals surface area contributed by atoms with Gasteiger partial charge in [-0.05, 0) is 68.1 Å². The summed E-state index contributed by atoms with van der Waals surface area (Å²) in [4.78, 5) is 12.7. The summed E-state index contributed by atoms with van der Waals surface area (Å²) in [6.45, 7) is 4.66. The van der Waals surface area contributed by atoms with Gasteiger partial charge < -0.3 is 5.11 Å². The molecule has 0 aromatic rings. The van der Waals surface area contributed by atoms with E-state index in [1.165, 1.54) is 12.0 Å². The molecule has 0 bridgehead atoms. The molecule has 0 aromatic heterocycles. The van der Waals surface area contributed by atoms with Crippen LogP contribution in [0.4, 0.5) is 0 Å². The Labute approximate surface area is 141 Å². The number of fused-ring (bicyclic) bond motifs is 5. The number of halogens is 1. The van der Waals surface area contributed by atoms with E-state index >= 15 is 0 Å². The molecule has 0 spiro atoms. The topological polar surface area (TPSA) is 37.3 Å². The van der Waals surface area contributed by atoms with Crippen LogP contribution in [-0.4, -0.2) is 21.8 Å². The van der Waals surface area contributed by atoms with Crippen molar-refractivity contribution in [2.75, 3.05) is 0 Å². The highest BCUT2D eigenvalue weighted by molar-refractivity contribution is 9.10. The van der Waals surface area contributed by atoms with Crippen LogP contribution in [0, 0.1) is 28.6 Å². The summed E-state index contributed by atoms with van der Waals surface area (Å²) in [5, 5.41) is 10.0. The van der Waals surface area contributed by atoms with Gasteiger partial charge in [0.1, 0.15) is 0 Å². The highest BCUT2D eigenvalue weighted by atomic mass is 79.9. The number of carbonyl (C=O) groups is 1. The average molecular weight is 367 g/mol. The van der Waals surface area contributed by atoms with Gasteiger partial charge in [0.2, 0.25) is 0 Å². The van der Waals surface area contributed by atoms with E-state index in [4.69, 9.17) is 0 Å². The van der Waals surface area contributed by atoms with E-state index in [0.717, 1.165) is 38.5 Å². The predicted molar refractivity (Wildman–Crippen MR) is 90.8 cm³/mol. The van der Waals surface area contributed by atoms with Crippen LogP contribution in [0.1, 0.15) is 58.8 Å². The van der Waals surface area contributed by atoms with Gasteiger partial charge in [-0.1, -0.05) is 41.4 Å². The van der Waals surface area contributed by atoms with Crippen molar-refractivity contribution in [1.29, 1.82) is 0 Å². The third-order valence-electron chi connectivity index (χ3n) is 7.78. The summed E-state index contributed by atoms with van der Waals surface area (Å²) in [5.74, 6) is 2.37. The van der Waals surface area contributed by atoms with Gasteiger partial charge in [0.25, 0.3) is 0 Å². The van der Waals surface area contributed by atoms with Crippen molar-refractivity contribution in [3.8, 4) is 0 Å². The molecule has 1 N–H and O–H groups in total. The quantitative estimate of drug-likeness (QED) is 0.513. The van der Waals surface area contributed by atoms with Crippen LogP contribution in [0.15, 0.2) is 11.6 Å². The fourth-order valence-corrected chi connectivity index (χ4v) is 7.32. The minimum Gasteiger partial charge on any atom is -0.393 e. The standard InChI is InChI=1S/C19H27BrO2/c1-18-7-5-12(21)9-11(18)3-4-13-14(18)6-8-19(2)15(13)10-16(20)17(19)22/h3,12-16,21H,4-10H2,1-2H3/t12-,13?,14?,15-,16+,18-,19-/m1/s1. The molecule has 0 amide bonds. The first-order chi connectivity index (χ1) is 10.4. The maximum absolute atomic E-state index is 12.6. The molecule has 3 saturated carbocycles. The van der Waals surface area contributed by atoms with Crippen LogP contribution in [0.2, 0.25) is 0 Å². The maximum atomic E-state index is 12.6. The van der Waals surface area contributed by atoms with Crippen LogP contribution in [0.5, 0.6) is 0 Å². The molecule has 2 unspecified atom stereocenters. The van der Waals surface area contributed by atoms with Crippen molar-refractivity contribution in [3.63, 3.8) is 0 Å². The molecular formula is C19H27BrO2. The Balaban J connectivity index is 1.70. The summed E-state index contributed by atoms with van der Waals surface area (Å²) in [7, 11) is 0. The van der Waals surface area contributed by atoms with Gasteiger partial charge in [0.05, 0.1) is 10.9 Å². The molecule has 22 heavy (non-hydrogen) atoms. The van der Waals surface area contributed by atoms with Gasteiger partial charge in [0.15, 0.2) is 5.78 Å². The lowest BCUT2D eigenvalue weighted by Gasteiger charge is -2.56. The van der Waals surface area contributed by atoms with Crippen molar-refractivity contribution >= 4 is 21.7 Å². The number of alkyl halides is 1. The summed E-state index contributed by atoms with van der Waals surface area (Å²) >= 11 is 3.64. The summed E-state index contributed by atoms with van der Waals surface area (Å²) in [6.07, 6.45) is 9.63. The molecule has 0 heterocycles. The Morgan fingerprint density at radius 1 is 1.18 bits per heavy atom. The number of carbonyl (C=O) groups excluding carboxylic acids is 1. The van der Waals surface area contributed by atoms with Gasteiger partial charge in [-0.15, -0.1) is 0 Å². The molecule has 0 aromatic carbocycles. The number of hydrogen-bond acceptors (Lipinski definition) is 2. The molecule has 122 valence electrons. The van der Waals surface area contributed by atoms with E-state index in [0.29, 0.717) is 23.5 Å². The largest absolute Gasteiger partial charge is 0.393 e. The molecule has 2 nitrogen and oxygen atoms in total. The smallest absolute Gasteiger partial charge is 0.152 e. The fraction of sp³-hybridized carbons (Fsp3) is 0.842. The van der Waals surface area contributed by atoms with Crippen LogP contribution in [0.3, 0.4) is 0 Å². The molecule has 0 aliphatic heterocycles. The summed E-state index contributed by atoms with van der Waals surface area (Å²) in [6, 6.07) is 0. The zero-order valence-electron chi connectivity index (χ0n) is 13.6. The van der Waals surface area contributed by atoms with Crippen molar-refractivity contribution < 1.29 is 9.90 Å². The first kappa shape index (κ1) is 15.4. The minimum absolute atomic E-state index is 0.0765. The third kappa shape index (κ3) is 1.90. The lowest BCUT2D eigenvalue weighted by Crippen LogP contribution is -2.50. The number of allylic oxidation sites excluding steroid dienone is 1. The lowest BCUT2D eigenvalue weighted by atomic mass is 9.48. The summed E-state index contributed by atoms with van der Waals surface area (Å²) < 4.78 is 0. The van der Waals surface area contributed by atoms with Crippen LogP contribution >= 0.6 is 15.9 Å². The van der Waals surface area contributed by atoms with Crippen molar-refractivity contribution in [1.82, 2.24) is 0 Å². The van der Waals surface area contributed by atoms with Gasteiger partial charge in [-0.25, -0.2) is 0 Å². The second kappa shape index (κ2) is 4.92. The van der Waals surface area contributed by atoms with Crippen LogP contribution < -0.4 is 0 Å². The lowest BCUT2D eigenvalue weighted by molar-refractivity contribution is -0.131. The molecule has 4 aliphatic rings. The average Bonchev–Trinajstić information content (AvgIpc) is 2.72.